The van der Waals surface area contributed by atoms with E-state index in [1.54, 1.807) is 32.0 Å². The molecule has 0 radical (unpaired) electrons. The van der Waals surface area contributed by atoms with Crippen LogP contribution >= 0.6 is 0 Å². The number of non-ortho nitro benzene ring substituents is 1. The summed E-state index contributed by atoms with van der Waals surface area (Å²) in [7, 11) is 0. The standard InChI is InChI=1S/C17H20N4O5/c1-11-10-15(12(2)26-11)17(23)20-19-16(22)4-3-9-18-13-5-7-14(8-6-13)21(24)25/h5-8,10,18H,3-4,9H2,1-2H3,(H,19,22)(H,20,23). The molecule has 1 aromatic carbocycles. The first-order valence-electron chi connectivity index (χ1n) is 8.01. The van der Waals surface area contributed by atoms with Gasteiger partial charge in [-0.25, -0.2) is 0 Å². The molecule has 0 saturated carbocycles. The molecule has 0 saturated heterocycles. The Morgan fingerprint density at radius 2 is 1.85 bits per heavy atom. The summed E-state index contributed by atoms with van der Waals surface area (Å²) in [6, 6.07) is 7.63. The van der Waals surface area contributed by atoms with Crippen molar-refractivity contribution in [2.45, 2.75) is 26.7 Å². The van der Waals surface area contributed by atoms with Gasteiger partial charge in [0.1, 0.15) is 11.5 Å². The van der Waals surface area contributed by atoms with Crippen LogP contribution in [-0.2, 0) is 4.79 Å². The number of anilines is 1. The van der Waals surface area contributed by atoms with E-state index in [2.05, 4.69) is 16.2 Å². The number of nitrogens with one attached hydrogen (secondary N) is 3. The van der Waals surface area contributed by atoms with Gasteiger partial charge in [-0.15, -0.1) is 0 Å². The number of rotatable bonds is 7. The molecule has 0 fully saturated rings. The van der Waals surface area contributed by atoms with Gasteiger partial charge in [0.2, 0.25) is 5.91 Å². The van der Waals surface area contributed by atoms with Gasteiger partial charge in [0.25, 0.3) is 11.6 Å². The van der Waals surface area contributed by atoms with Crippen molar-refractivity contribution in [2.75, 3.05) is 11.9 Å². The molecule has 2 aromatic rings. The third-order valence-corrected chi connectivity index (χ3v) is 3.59. The average molecular weight is 360 g/mol. The molecule has 9 heteroatoms. The zero-order chi connectivity index (χ0) is 19.1. The van der Waals surface area contributed by atoms with Crippen molar-refractivity contribution in [1.29, 1.82) is 0 Å². The number of carbonyl (C=O) groups excluding carboxylic acids is 2. The number of furan rings is 1. The summed E-state index contributed by atoms with van der Waals surface area (Å²) in [5, 5.41) is 13.6. The highest BCUT2D eigenvalue weighted by Crippen LogP contribution is 2.15. The Morgan fingerprint density at radius 3 is 2.42 bits per heavy atom. The second kappa shape index (κ2) is 8.65. The Hall–Kier alpha value is -3.36. The number of benzene rings is 1. The summed E-state index contributed by atoms with van der Waals surface area (Å²) in [4.78, 5) is 33.8. The Labute approximate surface area is 149 Å². The zero-order valence-corrected chi connectivity index (χ0v) is 14.5. The molecule has 1 heterocycles. The number of carbonyl (C=O) groups is 2. The number of nitro benzene ring substituents is 1. The van der Waals surface area contributed by atoms with Crippen LogP contribution in [0.15, 0.2) is 34.7 Å². The minimum absolute atomic E-state index is 0.0220. The maximum absolute atomic E-state index is 11.9. The highest BCUT2D eigenvalue weighted by Gasteiger charge is 2.13. The summed E-state index contributed by atoms with van der Waals surface area (Å²) in [6.45, 7) is 3.92. The largest absolute Gasteiger partial charge is 0.466 e. The fraction of sp³-hybridized carbons (Fsp3) is 0.294. The summed E-state index contributed by atoms with van der Waals surface area (Å²) in [5.74, 6) is 0.358. The van der Waals surface area contributed by atoms with E-state index in [1.165, 1.54) is 12.1 Å². The second-order valence-corrected chi connectivity index (χ2v) is 5.66. The van der Waals surface area contributed by atoms with E-state index in [0.717, 1.165) is 5.69 Å². The van der Waals surface area contributed by atoms with Gasteiger partial charge < -0.3 is 9.73 Å². The van der Waals surface area contributed by atoms with Gasteiger partial charge in [0.05, 0.1) is 10.5 Å². The maximum atomic E-state index is 11.9. The maximum Gasteiger partial charge on any atom is 0.273 e. The third-order valence-electron chi connectivity index (χ3n) is 3.59. The molecule has 0 aliphatic rings. The molecule has 0 aliphatic carbocycles. The van der Waals surface area contributed by atoms with Crippen molar-refractivity contribution in [3.05, 3.63) is 57.5 Å². The minimum Gasteiger partial charge on any atom is -0.466 e. The first-order valence-corrected chi connectivity index (χ1v) is 8.01. The van der Waals surface area contributed by atoms with Crippen LogP contribution in [0.3, 0.4) is 0 Å². The molecule has 138 valence electrons. The molecule has 9 nitrogen and oxygen atoms in total. The van der Waals surface area contributed by atoms with E-state index in [-0.39, 0.29) is 18.0 Å². The Morgan fingerprint density at radius 1 is 1.15 bits per heavy atom. The zero-order valence-electron chi connectivity index (χ0n) is 14.5. The molecule has 0 bridgehead atoms. The van der Waals surface area contributed by atoms with Crippen molar-refractivity contribution in [2.24, 2.45) is 0 Å². The third kappa shape index (κ3) is 5.33. The van der Waals surface area contributed by atoms with Crippen LogP contribution in [0.5, 0.6) is 0 Å². The first kappa shape index (κ1) is 19.0. The van der Waals surface area contributed by atoms with E-state index < -0.39 is 10.8 Å². The first-order chi connectivity index (χ1) is 12.4. The van der Waals surface area contributed by atoms with Crippen LogP contribution in [0.4, 0.5) is 11.4 Å². The van der Waals surface area contributed by atoms with Crippen LogP contribution in [-0.4, -0.2) is 23.3 Å². The van der Waals surface area contributed by atoms with Crippen LogP contribution in [0.25, 0.3) is 0 Å². The van der Waals surface area contributed by atoms with E-state index in [9.17, 15) is 19.7 Å². The summed E-state index contributed by atoms with van der Waals surface area (Å²) >= 11 is 0. The van der Waals surface area contributed by atoms with Crippen LogP contribution < -0.4 is 16.2 Å². The molecule has 3 N–H and O–H groups in total. The van der Waals surface area contributed by atoms with Gasteiger partial charge in [-0.3, -0.25) is 30.6 Å². The van der Waals surface area contributed by atoms with Crippen molar-refractivity contribution in [1.82, 2.24) is 10.9 Å². The second-order valence-electron chi connectivity index (χ2n) is 5.66. The number of aryl methyl sites for hydroxylation is 2. The quantitative estimate of drug-likeness (QED) is 0.395. The molecule has 0 unspecified atom stereocenters. The molecule has 2 amide bonds. The Kier molecular flexibility index (Phi) is 6.31. The van der Waals surface area contributed by atoms with Crippen molar-refractivity contribution in [3.8, 4) is 0 Å². The molecular formula is C17H20N4O5. The highest BCUT2D eigenvalue weighted by atomic mass is 16.6. The number of nitro groups is 1. The molecule has 2 rings (SSSR count). The van der Waals surface area contributed by atoms with E-state index in [0.29, 0.717) is 30.0 Å². The van der Waals surface area contributed by atoms with Crippen molar-refractivity contribution in [3.63, 3.8) is 0 Å². The van der Waals surface area contributed by atoms with Gasteiger partial charge in [-0.1, -0.05) is 0 Å². The highest BCUT2D eigenvalue weighted by molar-refractivity contribution is 5.96. The number of amides is 2. The molecule has 26 heavy (non-hydrogen) atoms. The lowest BCUT2D eigenvalue weighted by atomic mass is 10.2. The van der Waals surface area contributed by atoms with Gasteiger partial charge in [-0.2, -0.15) is 0 Å². The molecule has 0 atom stereocenters. The predicted octanol–water partition coefficient (Wildman–Crippen LogP) is 2.46. The van der Waals surface area contributed by atoms with Crippen LogP contribution in [0.2, 0.25) is 0 Å². The predicted molar refractivity (Wildman–Crippen MR) is 94.6 cm³/mol. The summed E-state index contributed by atoms with van der Waals surface area (Å²) in [6.07, 6.45) is 0.742. The lowest BCUT2D eigenvalue weighted by Gasteiger charge is -2.08. The van der Waals surface area contributed by atoms with Gasteiger partial charge in [0.15, 0.2) is 0 Å². The number of hydrazine groups is 1. The number of nitrogens with zero attached hydrogens (tertiary/aromatic N) is 1. The van der Waals surface area contributed by atoms with Gasteiger partial charge in [-0.05, 0) is 38.5 Å². The Bertz CT molecular complexity index is 798. The van der Waals surface area contributed by atoms with Crippen LogP contribution in [0.1, 0.15) is 34.7 Å². The fourth-order valence-corrected chi connectivity index (χ4v) is 2.30. The minimum atomic E-state index is -0.464. The van der Waals surface area contributed by atoms with Crippen molar-refractivity contribution >= 4 is 23.2 Å². The Balaban J connectivity index is 1.66. The molecule has 0 spiro atoms. The monoisotopic (exact) mass is 360 g/mol. The van der Waals surface area contributed by atoms with E-state index in [1.807, 2.05) is 0 Å². The SMILES string of the molecule is Cc1cc(C(=O)NNC(=O)CCCNc2ccc([N+](=O)[O-])cc2)c(C)o1. The molecule has 0 aliphatic heterocycles. The fourth-order valence-electron chi connectivity index (χ4n) is 2.30. The smallest absolute Gasteiger partial charge is 0.273 e. The van der Waals surface area contributed by atoms with Gasteiger partial charge >= 0.3 is 0 Å². The topological polar surface area (TPSA) is 127 Å². The molecule has 1 aromatic heterocycles. The van der Waals surface area contributed by atoms with E-state index in [4.69, 9.17) is 4.42 Å². The van der Waals surface area contributed by atoms with Gasteiger partial charge in [0, 0.05) is 30.8 Å². The number of hydrogen-bond donors (Lipinski definition) is 3. The summed E-state index contributed by atoms with van der Waals surface area (Å²) in [5.41, 5.74) is 5.83. The number of hydrogen-bond acceptors (Lipinski definition) is 6. The lowest BCUT2D eigenvalue weighted by Crippen LogP contribution is -2.41. The summed E-state index contributed by atoms with van der Waals surface area (Å²) < 4.78 is 5.27. The molecular weight excluding hydrogens is 340 g/mol. The van der Waals surface area contributed by atoms with Crippen LogP contribution in [0, 0.1) is 24.0 Å². The average Bonchev–Trinajstić information content (AvgIpc) is 2.95. The van der Waals surface area contributed by atoms with E-state index >= 15 is 0 Å². The lowest BCUT2D eigenvalue weighted by molar-refractivity contribution is -0.384. The van der Waals surface area contributed by atoms with Crippen molar-refractivity contribution < 1.29 is 18.9 Å². The normalized spacial score (nSPS) is 10.2.